The third-order valence-corrected chi connectivity index (χ3v) is 4.20. The maximum absolute atomic E-state index is 12.1. The van der Waals surface area contributed by atoms with E-state index < -0.39 is 0 Å². The molecule has 1 aromatic carbocycles. The van der Waals surface area contributed by atoms with Gasteiger partial charge in [-0.3, -0.25) is 4.79 Å². The minimum atomic E-state index is 0.0787. The zero-order valence-electron chi connectivity index (χ0n) is 11.7. The Labute approximate surface area is 122 Å². The molecular formula is C16H17N3O2. The molecule has 0 aliphatic heterocycles. The predicted octanol–water partition coefficient (Wildman–Crippen LogP) is 2.37. The quantitative estimate of drug-likeness (QED) is 0.914. The molecule has 1 amide bonds. The van der Waals surface area contributed by atoms with Crippen LogP contribution in [0.1, 0.15) is 48.4 Å². The van der Waals surface area contributed by atoms with Crippen LogP contribution in [0.25, 0.3) is 0 Å². The number of rotatable bonds is 5. The highest BCUT2D eigenvalue weighted by Crippen LogP contribution is 2.47. The summed E-state index contributed by atoms with van der Waals surface area (Å²) in [6.07, 6.45) is 3.21. The molecule has 5 nitrogen and oxygen atoms in total. The first-order valence-electron chi connectivity index (χ1n) is 7.46. The van der Waals surface area contributed by atoms with E-state index in [9.17, 15) is 4.79 Å². The number of nitrogens with zero attached hydrogens (tertiary/aromatic N) is 2. The van der Waals surface area contributed by atoms with Gasteiger partial charge < -0.3 is 9.84 Å². The predicted molar refractivity (Wildman–Crippen MR) is 75.4 cm³/mol. The van der Waals surface area contributed by atoms with Gasteiger partial charge in [0.1, 0.15) is 0 Å². The van der Waals surface area contributed by atoms with Crippen molar-refractivity contribution in [3.8, 4) is 0 Å². The molecule has 21 heavy (non-hydrogen) atoms. The first-order chi connectivity index (χ1) is 10.3. The number of hydrogen-bond donors (Lipinski definition) is 1. The zero-order valence-corrected chi connectivity index (χ0v) is 11.7. The first-order valence-corrected chi connectivity index (χ1v) is 7.46. The SMILES string of the molecule is O=C(NCc1nc(C2CC2)no1)[C@H]1C[C@H]1c1ccccc1. The van der Waals surface area contributed by atoms with Gasteiger partial charge in [0.05, 0.1) is 6.54 Å². The van der Waals surface area contributed by atoms with Crippen molar-refractivity contribution in [3.63, 3.8) is 0 Å². The average molecular weight is 283 g/mol. The van der Waals surface area contributed by atoms with Crippen LogP contribution in [0.4, 0.5) is 0 Å². The molecule has 108 valence electrons. The second kappa shape index (κ2) is 4.98. The van der Waals surface area contributed by atoms with Gasteiger partial charge in [0.2, 0.25) is 11.8 Å². The maximum atomic E-state index is 12.1. The van der Waals surface area contributed by atoms with Gasteiger partial charge >= 0.3 is 0 Å². The number of benzene rings is 1. The van der Waals surface area contributed by atoms with E-state index in [-0.39, 0.29) is 11.8 Å². The number of aromatic nitrogens is 2. The van der Waals surface area contributed by atoms with Crippen LogP contribution < -0.4 is 5.32 Å². The number of carbonyl (C=O) groups is 1. The fourth-order valence-corrected chi connectivity index (χ4v) is 2.69. The van der Waals surface area contributed by atoms with Crippen molar-refractivity contribution < 1.29 is 9.32 Å². The van der Waals surface area contributed by atoms with Crippen LogP contribution in [0.2, 0.25) is 0 Å². The lowest BCUT2D eigenvalue weighted by atomic mass is 10.1. The van der Waals surface area contributed by atoms with E-state index in [2.05, 4.69) is 27.6 Å². The summed E-state index contributed by atoms with van der Waals surface area (Å²) >= 11 is 0. The van der Waals surface area contributed by atoms with Crippen LogP contribution in [0.15, 0.2) is 34.9 Å². The molecule has 2 atom stereocenters. The highest BCUT2D eigenvalue weighted by Gasteiger charge is 2.43. The average Bonchev–Trinajstić information content (AvgIpc) is 3.44. The van der Waals surface area contributed by atoms with Crippen molar-refractivity contribution in [1.82, 2.24) is 15.5 Å². The molecule has 1 heterocycles. The summed E-state index contributed by atoms with van der Waals surface area (Å²) < 4.78 is 5.15. The molecule has 0 spiro atoms. The standard InChI is InChI=1S/C16H17N3O2/c20-16(13-8-12(13)10-4-2-1-3-5-10)17-9-14-18-15(19-21-14)11-6-7-11/h1-5,11-13H,6-9H2,(H,17,20)/t12-,13-/m0/s1. The van der Waals surface area contributed by atoms with Crippen molar-refractivity contribution in [2.45, 2.75) is 37.6 Å². The van der Waals surface area contributed by atoms with E-state index in [1.54, 1.807) is 0 Å². The molecule has 0 radical (unpaired) electrons. The van der Waals surface area contributed by atoms with Crippen molar-refractivity contribution in [1.29, 1.82) is 0 Å². The summed E-state index contributed by atoms with van der Waals surface area (Å²) in [4.78, 5) is 16.4. The fraction of sp³-hybridized carbons (Fsp3) is 0.438. The van der Waals surface area contributed by atoms with E-state index >= 15 is 0 Å². The molecule has 0 saturated heterocycles. The van der Waals surface area contributed by atoms with Gasteiger partial charge in [0, 0.05) is 11.8 Å². The molecule has 1 aromatic heterocycles. The second-order valence-electron chi connectivity index (χ2n) is 5.90. The molecule has 2 aliphatic carbocycles. The molecule has 4 rings (SSSR count). The van der Waals surface area contributed by atoms with E-state index in [4.69, 9.17) is 4.52 Å². The van der Waals surface area contributed by atoms with Crippen molar-refractivity contribution >= 4 is 5.91 Å². The summed E-state index contributed by atoms with van der Waals surface area (Å²) in [5.41, 5.74) is 1.24. The monoisotopic (exact) mass is 283 g/mol. The van der Waals surface area contributed by atoms with Gasteiger partial charge in [0.15, 0.2) is 5.82 Å². The molecule has 2 aromatic rings. The molecule has 2 fully saturated rings. The second-order valence-corrected chi connectivity index (χ2v) is 5.90. The minimum Gasteiger partial charge on any atom is -0.347 e. The third kappa shape index (κ3) is 2.68. The zero-order chi connectivity index (χ0) is 14.2. The minimum absolute atomic E-state index is 0.0787. The number of amides is 1. The van der Waals surface area contributed by atoms with Crippen molar-refractivity contribution in [2.75, 3.05) is 0 Å². The molecule has 1 N–H and O–H groups in total. The normalized spacial score (nSPS) is 23.8. The van der Waals surface area contributed by atoms with Gasteiger partial charge in [-0.2, -0.15) is 4.98 Å². The number of carbonyl (C=O) groups excluding carboxylic acids is 1. The van der Waals surface area contributed by atoms with Crippen molar-refractivity contribution in [3.05, 3.63) is 47.6 Å². The fourth-order valence-electron chi connectivity index (χ4n) is 2.69. The lowest BCUT2D eigenvalue weighted by Crippen LogP contribution is -2.25. The van der Waals surface area contributed by atoms with Gasteiger partial charge in [-0.1, -0.05) is 35.5 Å². The summed E-state index contributed by atoms with van der Waals surface area (Å²) in [6.45, 7) is 0.330. The van der Waals surface area contributed by atoms with Crippen molar-refractivity contribution in [2.24, 2.45) is 5.92 Å². The Kier molecular flexibility index (Phi) is 2.98. The molecule has 0 unspecified atom stereocenters. The van der Waals surface area contributed by atoms with Crippen LogP contribution in [-0.4, -0.2) is 16.0 Å². The number of nitrogens with one attached hydrogen (secondary N) is 1. The topological polar surface area (TPSA) is 68.0 Å². The Bertz CT molecular complexity index is 649. The van der Waals surface area contributed by atoms with E-state index in [1.807, 2.05) is 18.2 Å². The summed E-state index contributed by atoms with van der Waals surface area (Å²) in [6, 6.07) is 10.2. The smallest absolute Gasteiger partial charge is 0.246 e. The first kappa shape index (κ1) is 12.6. The molecular weight excluding hydrogens is 266 g/mol. The van der Waals surface area contributed by atoms with Crippen LogP contribution in [0.3, 0.4) is 0 Å². The van der Waals surface area contributed by atoms with Gasteiger partial charge in [-0.25, -0.2) is 0 Å². The highest BCUT2D eigenvalue weighted by atomic mass is 16.5. The Morgan fingerprint density at radius 1 is 1.29 bits per heavy atom. The summed E-state index contributed by atoms with van der Waals surface area (Å²) in [5, 5.41) is 6.84. The Hall–Kier alpha value is -2.17. The highest BCUT2D eigenvalue weighted by molar-refractivity contribution is 5.82. The largest absolute Gasteiger partial charge is 0.347 e. The van der Waals surface area contributed by atoms with Crippen LogP contribution in [0.5, 0.6) is 0 Å². The van der Waals surface area contributed by atoms with E-state index in [0.717, 1.165) is 25.1 Å². The van der Waals surface area contributed by atoms with E-state index in [1.165, 1.54) is 5.56 Å². The molecule has 5 heteroatoms. The lowest BCUT2D eigenvalue weighted by Gasteiger charge is -2.02. The molecule has 2 aliphatic rings. The van der Waals surface area contributed by atoms with Gasteiger partial charge in [-0.05, 0) is 30.7 Å². The van der Waals surface area contributed by atoms with Crippen LogP contribution >= 0.6 is 0 Å². The van der Waals surface area contributed by atoms with Gasteiger partial charge in [0.25, 0.3) is 0 Å². The van der Waals surface area contributed by atoms with Gasteiger partial charge in [-0.15, -0.1) is 0 Å². The lowest BCUT2D eigenvalue weighted by molar-refractivity contribution is -0.122. The van der Waals surface area contributed by atoms with E-state index in [0.29, 0.717) is 24.3 Å². The number of hydrogen-bond acceptors (Lipinski definition) is 4. The molecule has 2 saturated carbocycles. The Balaban J connectivity index is 1.30. The Morgan fingerprint density at radius 3 is 2.86 bits per heavy atom. The Morgan fingerprint density at radius 2 is 2.10 bits per heavy atom. The molecule has 0 bridgehead atoms. The van der Waals surface area contributed by atoms with Crippen LogP contribution in [-0.2, 0) is 11.3 Å². The third-order valence-electron chi connectivity index (χ3n) is 4.20. The maximum Gasteiger partial charge on any atom is 0.246 e. The summed E-state index contributed by atoms with van der Waals surface area (Å²) in [5.74, 6) is 2.28. The van der Waals surface area contributed by atoms with Crippen LogP contribution in [0, 0.1) is 5.92 Å². The summed E-state index contributed by atoms with van der Waals surface area (Å²) in [7, 11) is 0.